The van der Waals surface area contributed by atoms with Crippen molar-refractivity contribution >= 4 is 40.1 Å². The molecule has 0 saturated heterocycles. The van der Waals surface area contributed by atoms with Crippen molar-refractivity contribution < 1.29 is 9.53 Å². The number of rotatable bonds is 3. The summed E-state index contributed by atoms with van der Waals surface area (Å²) < 4.78 is 4.59. The summed E-state index contributed by atoms with van der Waals surface area (Å²) in [6.07, 6.45) is 0.860. The first-order chi connectivity index (χ1) is 8.60. The number of fused-ring (bicyclic) bond motifs is 1. The van der Waals surface area contributed by atoms with Gasteiger partial charge < -0.3 is 4.74 Å². The van der Waals surface area contributed by atoms with Crippen molar-refractivity contribution in [3.05, 3.63) is 40.0 Å². The predicted octanol–water partition coefficient (Wildman–Crippen LogP) is 3.65. The molecule has 0 spiro atoms. The van der Waals surface area contributed by atoms with Gasteiger partial charge in [-0.1, -0.05) is 29.3 Å². The quantitative estimate of drug-likeness (QED) is 0.808. The van der Waals surface area contributed by atoms with Crippen molar-refractivity contribution in [1.82, 2.24) is 4.98 Å². The van der Waals surface area contributed by atoms with Crippen LogP contribution in [-0.4, -0.2) is 18.1 Å². The fourth-order valence-corrected chi connectivity index (χ4v) is 1.96. The van der Waals surface area contributed by atoms with Crippen molar-refractivity contribution in [2.45, 2.75) is 12.8 Å². The van der Waals surface area contributed by atoms with Gasteiger partial charge in [0.25, 0.3) is 0 Å². The second-order valence-electron chi connectivity index (χ2n) is 3.84. The number of pyridine rings is 1. The molecule has 2 rings (SSSR count). The first-order valence-corrected chi connectivity index (χ1v) is 6.17. The van der Waals surface area contributed by atoms with Crippen molar-refractivity contribution in [1.29, 1.82) is 0 Å². The predicted molar refractivity (Wildman–Crippen MR) is 72.1 cm³/mol. The highest BCUT2D eigenvalue weighted by atomic mass is 35.5. The fourth-order valence-electron chi connectivity index (χ4n) is 1.63. The standard InChI is InChI=1S/C13H11Cl2NO2/c1-18-13(17)5-4-9-3-2-8-6-10(14)11(15)7-12(8)16-9/h2-3,6-7H,4-5H2,1H3. The average molecular weight is 284 g/mol. The summed E-state index contributed by atoms with van der Waals surface area (Å²) in [7, 11) is 1.37. The van der Waals surface area contributed by atoms with Crippen molar-refractivity contribution in [2.24, 2.45) is 0 Å². The number of nitrogens with zero attached hydrogens (tertiary/aromatic N) is 1. The molecule has 0 saturated carbocycles. The number of benzene rings is 1. The van der Waals surface area contributed by atoms with Gasteiger partial charge in [-0.05, 0) is 18.2 Å². The van der Waals surface area contributed by atoms with Crippen LogP contribution < -0.4 is 0 Å². The van der Waals surface area contributed by atoms with Gasteiger partial charge in [0.2, 0.25) is 0 Å². The van der Waals surface area contributed by atoms with Crippen LogP contribution in [0, 0.1) is 0 Å². The van der Waals surface area contributed by atoms with E-state index in [9.17, 15) is 4.79 Å². The third kappa shape index (κ3) is 2.92. The fraction of sp³-hybridized carbons (Fsp3) is 0.231. The smallest absolute Gasteiger partial charge is 0.305 e. The number of ether oxygens (including phenoxy) is 1. The molecule has 0 amide bonds. The lowest BCUT2D eigenvalue weighted by atomic mass is 10.1. The van der Waals surface area contributed by atoms with Crippen LogP contribution in [0.1, 0.15) is 12.1 Å². The monoisotopic (exact) mass is 283 g/mol. The summed E-state index contributed by atoms with van der Waals surface area (Å²) >= 11 is 11.9. The van der Waals surface area contributed by atoms with Crippen molar-refractivity contribution in [3.63, 3.8) is 0 Å². The molecular formula is C13H11Cl2NO2. The van der Waals surface area contributed by atoms with E-state index in [1.807, 2.05) is 12.1 Å². The molecule has 0 aliphatic carbocycles. The molecule has 0 bridgehead atoms. The lowest BCUT2D eigenvalue weighted by Crippen LogP contribution is -2.02. The van der Waals surface area contributed by atoms with Crippen molar-refractivity contribution in [2.75, 3.05) is 7.11 Å². The van der Waals surface area contributed by atoms with E-state index in [0.717, 1.165) is 16.6 Å². The van der Waals surface area contributed by atoms with Crippen LogP contribution in [-0.2, 0) is 16.0 Å². The Bertz CT molecular complexity index is 599. The highest BCUT2D eigenvalue weighted by Crippen LogP contribution is 2.27. The minimum Gasteiger partial charge on any atom is -0.469 e. The Kier molecular flexibility index (Phi) is 4.04. The lowest BCUT2D eigenvalue weighted by molar-refractivity contribution is -0.140. The third-order valence-corrected chi connectivity index (χ3v) is 3.32. The number of methoxy groups -OCH3 is 1. The molecule has 0 fully saturated rings. The molecule has 0 unspecified atom stereocenters. The Morgan fingerprint density at radius 3 is 2.72 bits per heavy atom. The topological polar surface area (TPSA) is 39.2 Å². The summed E-state index contributed by atoms with van der Waals surface area (Å²) in [5, 5.41) is 1.90. The molecule has 1 heterocycles. The van der Waals surface area contributed by atoms with E-state index in [1.54, 1.807) is 12.1 Å². The largest absolute Gasteiger partial charge is 0.469 e. The first-order valence-electron chi connectivity index (χ1n) is 5.41. The number of esters is 1. The zero-order valence-electron chi connectivity index (χ0n) is 9.74. The lowest BCUT2D eigenvalue weighted by Gasteiger charge is -2.04. The van der Waals surface area contributed by atoms with Crippen LogP contribution in [0.3, 0.4) is 0 Å². The Morgan fingerprint density at radius 2 is 2.00 bits per heavy atom. The molecule has 18 heavy (non-hydrogen) atoms. The molecule has 0 aliphatic rings. The molecule has 5 heteroatoms. The Hall–Kier alpha value is -1.32. The van der Waals surface area contributed by atoms with Gasteiger partial charge in [0, 0.05) is 17.5 Å². The van der Waals surface area contributed by atoms with Gasteiger partial charge in [-0.2, -0.15) is 0 Å². The Morgan fingerprint density at radius 1 is 1.28 bits per heavy atom. The molecule has 3 nitrogen and oxygen atoms in total. The molecule has 0 N–H and O–H groups in total. The van der Waals surface area contributed by atoms with E-state index in [-0.39, 0.29) is 5.97 Å². The number of carbonyl (C=O) groups is 1. The average Bonchev–Trinajstić information content (AvgIpc) is 2.37. The van der Waals surface area contributed by atoms with Gasteiger partial charge in [-0.3, -0.25) is 9.78 Å². The van der Waals surface area contributed by atoms with Gasteiger partial charge in [0.1, 0.15) is 0 Å². The molecular weight excluding hydrogens is 273 g/mol. The number of halogens is 2. The molecule has 0 atom stereocenters. The second-order valence-corrected chi connectivity index (χ2v) is 4.65. The van der Waals surface area contributed by atoms with E-state index in [0.29, 0.717) is 22.9 Å². The number of hydrogen-bond acceptors (Lipinski definition) is 3. The summed E-state index contributed by atoms with van der Waals surface area (Å²) in [5.41, 5.74) is 1.60. The molecule has 1 aromatic carbocycles. The SMILES string of the molecule is COC(=O)CCc1ccc2cc(Cl)c(Cl)cc2n1. The Balaban J connectivity index is 2.27. The maximum absolute atomic E-state index is 11.1. The summed E-state index contributed by atoms with van der Waals surface area (Å²) in [6.45, 7) is 0. The number of carbonyl (C=O) groups excluding carboxylic acids is 1. The molecule has 94 valence electrons. The third-order valence-electron chi connectivity index (χ3n) is 2.60. The highest BCUT2D eigenvalue weighted by molar-refractivity contribution is 6.42. The summed E-state index contributed by atoms with van der Waals surface area (Å²) in [4.78, 5) is 15.5. The van der Waals surface area contributed by atoms with Crippen LogP contribution >= 0.6 is 23.2 Å². The molecule has 1 aromatic heterocycles. The van der Waals surface area contributed by atoms with Gasteiger partial charge in [0.05, 0.1) is 29.1 Å². The van der Waals surface area contributed by atoms with Crippen LogP contribution in [0.25, 0.3) is 10.9 Å². The number of aryl methyl sites for hydroxylation is 1. The van der Waals surface area contributed by atoms with Gasteiger partial charge >= 0.3 is 5.97 Å². The van der Waals surface area contributed by atoms with E-state index >= 15 is 0 Å². The highest BCUT2D eigenvalue weighted by Gasteiger charge is 2.06. The zero-order valence-corrected chi connectivity index (χ0v) is 11.3. The Labute approximate surface area is 115 Å². The second kappa shape index (κ2) is 5.55. The van der Waals surface area contributed by atoms with Gasteiger partial charge in [-0.25, -0.2) is 0 Å². The number of aromatic nitrogens is 1. The maximum Gasteiger partial charge on any atom is 0.305 e. The normalized spacial score (nSPS) is 10.6. The minimum atomic E-state index is -0.244. The van der Waals surface area contributed by atoms with E-state index in [2.05, 4.69) is 9.72 Å². The molecule has 2 aromatic rings. The van der Waals surface area contributed by atoms with Crippen LogP contribution in [0.2, 0.25) is 10.0 Å². The van der Waals surface area contributed by atoms with Crippen molar-refractivity contribution in [3.8, 4) is 0 Å². The minimum absolute atomic E-state index is 0.244. The zero-order chi connectivity index (χ0) is 13.1. The summed E-state index contributed by atoms with van der Waals surface area (Å²) in [6, 6.07) is 7.28. The summed E-state index contributed by atoms with van der Waals surface area (Å²) in [5.74, 6) is -0.244. The molecule has 0 aliphatic heterocycles. The maximum atomic E-state index is 11.1. The number of hydrogen-bond donors (Lipinski definition) is 0. The molecule has 0 radical (unpaired) electrons. The van der Waals surface area contributed by atoms with Crippen LogP contribution in [0.15, 0.2) is 24.3 Å². The van der Waals surface area contributed by atoms with Gasteiger partial charge in [0.15, 0.2) is 0 Å². The van der Waals surface area contributed by atoms with Gasteiger partial charge in [-0.15, -0.1) is 0 Å². The van der Waals surface area contributed by atoms with E-state index in [4.69, 9.17) is 23.2 Å². The van der Waals surface area contributed by atoms with E-state index < -0.39 is 0 Å². The first kappa shape index (κ1) is 13.1. The van der Waals surface area contributed by atoms with E-state index in [1.165, 1.54) is 7.11 Å². The van der Waals surface area contributed by atoms with Crippen LogP contribution in [0.5, 0.6) is 0 Å². The van der Waals surface area contributed by atoms with Crippen LogP contribution in [0.4, 0.5) is 0 Å².